The largest absolute Gasteiger partial charge is 0.441 e. The van der Waals surface area contributed by atoms with Gasteiger partial charge in [-0.15, -0.1) is 0 Å². The van der Waals surface area contributed by atoms with E-state index >= 15 is 0 Å². The van der Waals surface area contributed by atoms with Crippen LogP contribution in [0.5, 0.6) is 0 Å². The number of ether oxygens (including phenoxy) is 1. The Balaban J connectivity index is 1.98. The molecule has 2 aromatic rings. The molecule has 21 heavy (non-hydrogen) atoms. The normalized spacial score (nSPS) is 18.1. The maximum atomic E-state index is 11.9. The Morgan fingerprint density at radius 1 is 1.24 bits per heavy atom. The van der Waals surface area contributed by atoms with Crippen molar-refractivity contribution >= 4 is 11.8 Å². The summed E-state index contributed by atoms with van der Waals surface area (Å²) in [7, 11) is 0. The van der Waals surface area contributed by atoms with Crippen molar-refractivity contribution in [3.8, 4) is 5.69 Å². The number of hydrogen-bond donors (Lipinski definition) is 1. The summed E-state index contributed by atoms with van der Waals surface area (Å²) in [6.45, 7) is 4.28. The highest BCUT2D eigenvalue weighted by Crippen LogP contribution is 2.28. The number of amides is 1. The highest BCUT2D eigenvalue weighted by atomic mass is 16.6. The van der Waals surface area contributed by atoms with Crippen LogP contribution in [0.15, 0.2) is 36.7 Å². The highest BCUT2D eigenvalue weighted by molar-refractivity contribution is 5.90. The van der Waals surface area contributed by atoms with Crippen LogP contribution in [0.3, 0.4) is 0 Å². The second-order valence-corrected chi connectivity index (χ2v) is 5.32. The number of aliphatic hydroxyl groups excluding tert-OH is 1. The van der Waals surface area contributed by atoms with Crippen LogP contribution in [0, 0.1) is 13.8 Å². The second-order valence-electron chi connectivity index (χ2n) is 5.32. The minimum Gasteiger partial charge on any atom is -0.441 e. The maximum Gasteiger partial charge on any atom is 0.414 e. The summed E-state index contributed by atoms with van der Waals surface area (Å²) in [5.41, 5.74) is 4.10. The monoisotopic (exact) mass is 286 g/mol. The van der Waals surface area contributed by atoms with Gasteiger partial charge in [0.15, 0.2) is 0 Å². The summed E-state index contributed by atoms with van der Waals surface area (Å²) in [6.07, 6.45) is 3.16. The number of rotatable bonds is 3. The molecule has 110 valence electrons. The molecule has 0 bridgehead atoms. The first-order valence-electron chi connectivity index (χ1n) is 6.93. The quantitative estimate of drug-likeness (QED) is 0.942. The zero-order valence-electron chi connectivity index (χ0n) is 12.1. The van der Waals surface area contributed by atoms with E-state index in [-0.39, 0.29) is 6.61 Å². The van der Waals surface area contributed by atoms with E-state index in [2.05, 4.69) is 4.57 Å². The first-order chi connectivity index (χ1) is 10.1. The number of nitrogens with zero attached hydrogens (tertiary/aromatic N) is 2. The van der Waals surface area contributed by atoms with Crippen molar-refractivity contribution in [2.75, 3.05) is 18.1 Å². The number of aromatic nitrogens is 1. The summed E-state index contributed by atoms with van der Waals surface area (Å²) in [5.74, 6) is 0. The van der Waals surface area contributed by atoms with E-state index in [4.69, 9.17) is 9.84 Å². The number of aliphatic hydroxyl groups is 1. The summed E-state index contributed by atoms with van der Waals surface area (Å²) < 4.78 is 7.15. The molecule has 1 aromatic heterocycles. The zero-order chi connectivity index (χ0) is 15.0. The molecular weight excluding hydrogens is 268 g/mol. The van der Waals surface area contributed by atoms with E-state index in [0.29, 0.717) is 6.54 Å². The molecule has 3 rings (SSSR count). The predicted octanol–water partition coefficient (Wildman–Crippen LogP) is 2.41. The summed E-state index contributed by atoms with van der Waals surface area (Å²) >= 11 is 0. The van der Waals surface area contributed by atoms with Crippen molar-refractivity contribution in [1.29, 1.82) is 0 Å². The Kier molecular flexibility index (Phi) is 3.43. The van der Waals surface area contributed by atoms with E-state index in [0.717, 1.165) is 22.5 Å². The average molecular weight is 286 g/mol. The first kappa shape index (κ1) is 13.7. The van der Waals surface area contributed by atoms with Gasteiger partial charge in [-0.3, -0.25) is 4.90 Å². The molecule has 1 amide bonds. The van der Waals surface area contributed by atoms with E-state index in [1.54, 1.807) is 4.90 Å². The van der Waals surface area contributed by atoms with E-state index < -0.39 is 12.2 Å². The SMILES string of the molecule is Cc1cc(N2C[C@H](CO)OC2=O)cc(C)c1-n1cccc1. The standard InChI is InChI=1S/C16H18N2O3/c1-11-7-13(18-9-14(10-19)21-16(18)20)8-12(2)15(11)17-5-3-4-6-17/h3-8,14,19H,9-10H2,1-2H3/t14-/m1/s1. The Hall–Kier alpha value is -2.27. The van der Waals surface area contributed by atoms with Crippen molar-refractivity contribution in [3.63, 3.8) is 0 Å². The third kappa shape index (κ3) is 2.40. The van der Waals surface area contributed by atoms with Crippen molar-refractivity contribution < 1.29 is 14.6 Å². The molecule has 1 aliphatic rings. The van der Waals surface area contributed by atoms with Crippen LogP contribution in [-0.4, -0.2) is 35.0 Å². The van der Waals surface area contributed by atoms with Crippen LogP contribution in [0.1, 0.15) is 11.1 Å². The summed E-state index contributed by atoms with van der Waals surface area (Å²) in [4.78, 5) is 13.4. The van der Waals surface area contributed by atoms with Crippen LogP contribution < -0.4 is 4.90 Å². The van der Waals surface area contributed by atoms with Gasteiger partial charge in [-0.2, -0.15) is 0 Å². The molecule has 0 unspecified atom stereocenters. The van der Waals surface area contributed by atoms with Gasteiger partial charge in [0, 0.05) is 18.1 Å². The van der Waals surface area contributed by atoms with E-state index in [1.807, 2.05) is 50.5 Å². The number of carbonyl (C=O) groups excluding carboxylic acids is 1. The smallest absolute Gasteiger partial charge is 0.414 e. The molecule has 1 aromatic carbocycles. The summed E-state index contributed by atoms with van der Waals surface area (Å²) in [6, 6.07) is 7.92. The molecule has 1 fully saturated rings. The Bertz CT molecular complexity index is 641. The van der Waals surface area contributed by atoms with Crippen LogP contribution >= 0.6 is 0 Å². The lowest BCUT2D eigenvalue weighted by Crippen LogP contribution is -2.25. The third-order valence-corrected chi connectivity index (χ3v) is 3.73. The second kappa shape index (κ2) is 5.26. The fourth-order valence-electron chi connectivity index (χ4n) is 2.81. The topological polar surface area (TPSA) is 54.7 Å². The molecule has 0 aliphatic carbocycles. The first-order valence-corrected chi connectivity index (χ1v) is 6.93. The van der Waals surface area contributed by atoms with Gasteiger partial charge in [0.25, 0.3) is 0 Å². The molecule has 2 heterocycles. The number of carbonyl (C=O) groups is 1. The van der Waals surface area contributed by atoms with Crippen molar-refractivity contribution in [2.45, 2.75) is 20.0 Å². The lowest BCUT2D eigenvalue weighted by molar-refractivity contribution is 0.0963. The van der Waals surface area contributed by atoms with Crippen LogP contribution in [0.25, 0.3) is 5.69 Å². The molecule has 5 nitrogen and oxygen atoms in total. The molecule has 1 N–H and O–H groups in total. The zero-order valence-corrected chi connectivity index (χ0v) is 12.1. The molecular formula is C16H18N2O3. The van der Waals surface area contributed by atoms with Gasteiger partial charge in [-0.05, 0) is 49.2 Å². The van der Waals surface area contributed by atoms with Gasteiger partial charge in [0.05, 0.1) is 18.8 Å². The van der Waals surface area contributed by atoms with Gasteiger partial charge in [-0.1, -0.05) is 0 Å². The third-order valence-electron chi connectivity index (χ3n) is 3.73. The number of cyclic esters (lactones) is 1. The van der Waals surface area contributed by atoms with Crippen LogP contribution in [0.2, 0.25) is 0 Å². The average Bonchev–Trinajstić information content (AvgIpc) is 3.07. The Morgan fingerprint density at radius 2 is 1.86 bits per heavy atom. The maximum absolute atomic E-state index is 11.9. The Labute approximate surface area is 123 Å². The van der Waals surface area contributed by atoms with Crippen molar-refractivity contribution in [1.82, 2.24) is 4.57 Å². The van der Waals surface area contributed by atoms with Gasteiger partial charge in [0.1, 0.15) is 6.10 Å². The Morgan fingerprint density at radius 3 is 2.38 bits per heavy atom. The van der Waals surface area contributed by atoms with Crippen LogP contribution in [-0.2, 0) is 4.74 Å². The minimum atomic E-state index is -0.442. The number of aryl methyl sites for hydroxylation is 2. The fraction of sp³-hybridized carbons (Fsp3) is 0.312. The number of hydrogen-bond acceptors (Lipinski definition) is 3. The van der Waals surface area contributed by atoms with Crippen molar-refractivity contribution in [2.24, 2.45) is 0 Å². The van der Waals surface area contributed by atoms with E-state index in [1.165, 1.54) is 0 Å². The lowest BCUT2D eigenvalue weighted by Gasteiger charge is -2.18. The van der Waals surface area contributed by atoms with Crippen molar-refractivity contribution in [3.05, 3.63) is 47.8 Å². The van der Waals surface area contributed by atoms with Gasteiger partial charge in [0.2, 0.25) is 0 Å². The van der Waals surface area contributed by atoms with Crippen LogP contribution in [0.4, 0.5) is 10.5 Å². The lowest BCUT2D eigenvalue weighted by atomic mass is 10.1. The minimum absolute atomic E-state index is 0.151. The fourth-order valence-corrected chi connectivity index (χ4v) is 2.81. The molecule has 5 heteroatoms. The molecule has 0 radical (unpaired) electrons. The van der Waals surface area contributed by atoms with Gasteiger partial charge < -0.3 is 14.4 Å². The van der Waals surface area contributed by atoms with E-state index in [9.17, 15) is 4.79 Å². The van der Waals surface area contributed by atoms with Gasteiger partial charge in [-0.25, -0.2) is 4.79 Å². The molecule has 1 atom stereocenters. The highest BCUT2D eigenvalue weighted by Gasteiger charge is 2.32. The molecule has 1 aliphatic heterocycles. The number of anilines is 1. The number of benzene rings is 1. The molecule has 0 saturated carbocycles. The molecule has 0 spiro atoms. The summed E-state index contributed by atoms with van der Waals surface area (Å²) in [5, 5.41) is 9.12. The van der Waals surface area contributed by atoms with Gasteiger partial charge >= 0.3 is 6.09 Å². The predicted molar refractivity (Wildman–Crippen MR) is 79.9 cm³/mol. The molecule has 1 saturated heterocycles.